The zero-order valence-electron chi connectivity index (χ0n) is 17.0. The molecular formula is C25H23N3O3. The summed E-state index contributed by atoms with van der Waals surface area (Å²) in [5.74, 6) is -1.11. The zero-order valence-corrected chi connectivity index (χ0v) is 17.0. The lowest BCUT2D eigenvalue weighted by molar-refractivity contribution is -0.135. The monoisotopic (exact) mass is 413 g/mol. The molecule has 2 amide bonds. The molecule has 6 nitrogen and oxygen atoms in total. The molecule has 0 radical (unpaired) electrons. The van der Waals surface area contributed by atoms with Gasteiger partial charge in [0.2, 0.25) is 11.8 Å². The summed E-state index contributed by atoms with van der Waals surface area (Å²) in [6.07, 6.45) is 6.38. The van der Waals surface area contributed by atoms with Gasteiger partial charge in [0.25, 0.3) is 0 Å². The number of anilines is 1. The Labute approximate surface area is 179 Å². The number of likely N-dealkylation sites (tertiary alicyclic amines) is 1. The summed E-state index contributed by atoms with van der Waals surface area (Å²) in [4.78, 5) is 31.6. The summed E-state index contributed by atoms with van der Waals surface area (Å²) in [7, 11) is 0. The smallest absolute Gasteiger partial charge is 0.231 e. The number of fused-ring (bicyclic) bond motifs is 2. The summed E-state index contributed by atoms with van der Waals surface area (Å²) in [6.45, 7) is 1.11. The van der Waals surface area contributed by atoms with Crippen molar-refractivity contribution in [1.82, 2.24) is 9.88 Å². The minimum atomic E-state index is -0.680. The first-order valence-corrected chi connectivity index (χ1v) is 10.7. The van der Waals surface area contributed by atoms with Gasteiger partial charge < -0.3 is 19.9 Å². The third-order valence-electron chi connectivity index (χ3n) is 6.85. The average molecular weight is 413 g/mol. The van der Waals surface area contributed by atoms with E-state index in [-0.39, 0.29) is 17.9 Å². The first kappa shape index (κ1) is 18.4. The lowest BCUT2D eigenvalue weighted by Gasteiger charge is -2.23. The number of benzene rings is 2. The van der Waals surface area contributed by atoms with Crippen LogP contribution in [0.3, 0.4) is 0 Å². The molecule has 0 saturated carbocycles. The maximum atomic E-state index is 13.4. The summed E-state index contributed by atoms with van der Waals surface area (Å²) in [6, 6.07) is 17.5. The van der Waals surface area contributed by atoms with Crippen LogP contribution in [-0.2, 0) is 20.7 Å². The maximum Gasteiger partial charge on any atom is 0.231 e. The van der Waals surface area contributed by atoms with Crippen molar-refractivity contribution in [2.45, 2.75) is 18.1 Å². The largest absolute Gasteiger partial charge is 0.361 e. The van der Waals surface area contributed by atoms with E-state index >= 15 is 0 Å². The number of carbonyl (C=O) groups is 2. The van der Waals surface area contributed by atoms with E-state index in [2.05, 4.69) is 22.4 Å². The van der Waals surface area contributed by atoms with Gasteiger partial charge in [0.1, 0.15) is 5.60 Å². The summed E-state index contributed by atoms with van der Waals surface area (Å²) < 4.78 is 6.22. The van der Waals surface area contributed by atoms with Gasteiger partial charge in [0.05, 0.1) is 24.5 Å². The van der Waals surface area contributed by atoms with Gasteiger partial charge in [-0.25, -0.2) is 0 Å². The van der Waals surface area contributed by atoms with Gasteiger partial charge in [0.15, 0.2) is 0 Å². The zero-order chi connectivity index (χ0) is 21.0. The molecule has 156 valence electrons. The Kier molecular flexibility index (Phi) is 4.05. The first-order chi connectivity index (χ1) is 15.1. The number of amides is 2. The van der Waals surface area contributed by atoms with Crippen LogP contribution in [0.15, 0.2) is 72.9 Å². The maximum absolute atomic E-state index is 13.4. The Morgan fingerprint density at radius 2 is 1.97 bits per heavy atom. The lowest BCUT2D eigenvalue weighted by atomic mass is 9.77. The number of aromatic nitrogens is 1. The van der Waals surface area contributed by atoms with Crippen molar-refractivity contribution in [2.24, 2.45) is 11.8 Å². The molecule has 3 aliphatic rings. The summed E-state index contributed by atoms with van der Waals surface area (Å²) in [5.41, 5.74) is 2.34. The van der Waals surface area contributed by atoms with Crippen LogP contribution in [-0.4, -0.2) is 46.5 Å². The first-order valence-electron chi connectivity index (χ1n) is 10.7. The minimum absolute atomic E-state index is 0.0138. The van der Waals surface area contributed by atoms with Crippen LogP contribution >= 0.6 is 0 Å². The molecule has 1 spiro atoms. The van der Waals surface area contributed by atoms with Gasteiger partial charge in [0, 0.05) is 29.3 Å². The highest BCUT2D eigenvalue weighted by Crippen LogP contribution is 2.52. The second-order valence-electron chi connectivity index (χ2n) is 8.62. The second-order valence-corrected chi connectivity index (χ2v) is 8.62. The van der Waals surface area contributed by atoms with Gasteiger partial charge >= 0.3 is 0 Å². The Hall–Kier alpha value is -3.38. The van der Waals surface area contributed by atoms with Crippen LogP contribution in [0.2, 0.25) is 0 Å². The van der Waals surface area contributed by atoms with Crippen LogP contribution in [0.25, 0.3) is 10.9 Å². The van der Waals surface area contributed by atoms with Crippen molar-refractivity contribution >= 4 is 28.4 Å². The highest BCUT2D eigenvalue weighted by atomic mass is 16.5. The van der Waals surface area contributed by atoms with E-state index in [1.165, 1.54) is 10.9 Å². The van der Waals surface area contributed by atoms with E-state index in [1.807, 2.05) is 65.7 Å². The Morgan fingerprint density at radius 3 is 2.84 bits per heavy atom. The number of nitrogens with one attached hydrogen (secondary N) is 2. The highest BCUT2D eigenvalue weighted by molar-refractivity contribution is 5.99. The number of ether oxygens (including phenoxy) is 1. The van der Waals surface area contributed by atoms with Crippen molar-refractivity contribution in [3.05, 3.63) is 78.5 Å². The minimum Gasteiger partial charge on any atom is -0.361 e. The fraction of sp³-hybridized carbons (Fsp3) is 0.280. The van der Waals surface area contributed by atoms with E-state index in [0.717, 1.165) is 17.6 Å². The summed E-state index contributed by atoms with van der Waals surface area (Å²) >= 11 is 0. The van der Waals surface area contributed by atoms with Crippen molar-refractivity contribution < 1.29 is 14.3 Å². The molecule has 6 rings (SSSR count). The van der Waals surface area contributed by atoms with E-state index in [1.54, 1.807) is 0 Å². The Morgan fingerprint density at radius 1 is 1.16 bits per heavy atom. The number of hydrogen-bond acceptors (Lipinski definition) is 3. The third kappa shape index (κ3) is 2.82. The van der Waals surface area contributed by atoms with Crippen molar-refractivity contribution in [3.8, 4) is 0 Å². The van der Waals surface area contributed by atoms with Crippen LogP contribution in [0, 0.1) is 11.8 Å². The number of H-pyrrole nitrogens is 1. The molecule has 3 aromatic rings. The molecule has 31 heavy (non-hydrogen) atoms. The lowest BCUT2D eigenvalue weighted by Crippen LogP contribution is -2.41. The van der Waals surface area contributed by atoms with Crippen LogP contribution < -0.4 is 5.32 Å². The van der Waals surface area contributed by atoms with Gasteiger partial charge in [-0.15, -0.1) is 0 Å². The SMILES string of the molecule is O=C(Nc1ccccc1)C1C2C=C[C@]3(CN(CCc4c[nH]c5ccccc45)C(=O)C13)O2. The molecule has 3 aliphatic heterocycles. The quantitative estimate of drug-likeness (QED) is 0.631. The Bertz CT molecular complexity index is 1200. The number of aromatic amines is 1. The number of hydrogen-bond donors (Lipinski definition) is 2. The molecule has 6 heteroatoms. The van der Waals surface area contributed by atoms with Gasteiger partial charge in [-0.05, 0) is 30.2 Å². The molecule has 0 aliphatic carbocycles. The van der Waals surface area contributed by atoms with E-state index in [4.69, 9.17) is 4.74 Å². The number of para-hydroxylation sites is 2. The number of nitrogens with zero attached hydrogens (tertiary/aromatic N) is 1. The molecule has 2 aromatic carbocycles. The number of carbonyl (C=O) groups excluding carboxylic acids is 2. The van der Waals surface area contributed by atoms with E-state index in [9.17, 15) is 9.59 Å². The van der Waals surface area contributed by atoms with E-state index in [0.29, 0.717) is 13.1 Å². The Balaban J connectivity index is 1.21. The topological polar surface area (TPSA) is 74.4 Å². The normalized spacial score (nSPS) is 28.5. The van der Waals surface area contributed by atoms with Crippen LogP contribution in [0.5, 0.6) is 0 Å². The predicted octanol–water partition coefficient (Wildman–Crippen LogP) is 3.13. The molecule has 1 aromatic heterocycles. The van der Waals surface area contributed by atoms with Crippen molar-refractivity contribution in [3.63, 3.8) is 0 Å². The molecule has 2 fully saturated rings. The van der Waals surface area contributed by atoms with Gasteiger partial charge in [-0.2, -0.15) is 0 Å². The average Bonchev–Trinajstić information content (AvgIpc) is 3.53. The van der Waals surface area contributed by atoms with Gasteiger partial charge in [-0.3, -0.25) is 9.59 Å². The number of rotatable bonds is 5. The molecule has 2 bridgehead atoms. The second kappa shape index (κ2) is 6.82. The molecule has 2 saturated heterocycles. The molecule has 4 atom stereocenters. The molecule has 3 unspecified atom stereocenters. The third-order valence-corrected chi connectivity index (χ3v) is 6.85. The van der Waals surface area contributed by atoms with Crippen molar-refractivity contribution in [1.29, 1.82) is 0 Å². The molecule has 2 N–H and O–H groups in total. The van der Waals surface area contributed by atoms with E-state index < -0.39 is 17.4 Å². The fourth-order valence-electron chi connectivity index (χ4n) is 5.41. The summed E-state index contributed by atoms with van der Waals surface area (Å²) in [5, 5.41) is 4.15. The van der Waals surface area contributed by atoms with Gasteiger partial charge in [-0.1, -0.05) is 48.6 Å². The van der Waals surface area contributed by atoms with Crippen LogP contribution in [0.4, 0.5) is 5.69 Å². The molecule has 4 heterocycles. The standard InChI is InChI=1S/C25H23N3O3/c29-23(27-17-6-2-1-3-7-17)21-20-10-12-25(31-20)15-28(24(30)22(21)25)13-11-16-14-26-19-9-5-4-8-18(16)19/h1-10,12,14,20-22,26H,11,13,15H2,(H,27,29)/t20?,21?,22?,25-/m1/s1. The van der Waals surface area contributed by atoms with Crippen molar-refractivity contribution in [2.75, 3.05) is 18.4 Å². The highest BCUT2D eigenvalue weighted by Gasteiger charge is 2.66. The van der Waals surface area contributed by atoms with Crippen LogP contribution in [0.1, 0.15) is 5.56 Å². The molecular weight excluding hydrogens is 390 g/mol. The predicted molar refractivity (Wildman–Crippen MR) is 117 cm³/mol. The fourth-order valence-corrected chi connectivity index (χ4v) is 5.41.